The number of hydrogen-bond acceptors (Lipinski definition) is 5. The number of nitrogens with two attached hydrogens (primary N) is 1. The Morgan fingerprint density at radius 1 is 1.57 bits per heavy atom. The SMILES string of the molecule is CCN(CC(C)/C(N)=N/O)C(=O)c1cnn2ccncc12. The predicted octanol–water partition coefficient (Wildman–Crippen LogP) is 0.574. The zero-order chi connectivity index (χ0) is 15.4. The third-order valence-electron chi connectivity index (χ3n) is 3.34. The number of carbonyl (C=O) groups excluding carboxylic acids is 1. The van der Waals surface area contributed by atoms with Gasteiger partial charge in [0.15, 0.2) is 0 Å². The summed E-state index contributed by atoms with van der Waals surface area (Å²) in [5.41, 5.74) is 6.70. The van der Waals surface area contributed by atoms with E-state index in [4.69, 9.17) is 10.9 Å². The van der Waals surface area contributed by atoms with Crippen LogP contribution in [0.2, 0.25) is 0 Å². The van der Waals surface area contributed by atoms with E-state index >= 15 is 0 Å². The fourth-order valence-electron chi connectivity index (χ4n) is 2.05. The summed E-state index contributed by atoms with van der Waals surface area (Å²) in [6, 6.07) is 0. The highest BCUT2D eigenvalue weighted by molar-refractivity contribution is 6.00. The molecule has 112 valence electrons. The van der Waals surface area contributed by atoms with E-state index < -0.39 is 0 Å². The van der Waals surface area contributed by atoms with Gasteiger partial charge in [-0.05, 0) is 6.92 Å². The number of fused-ring (bicyclic) bond motifs is 1. The van der Waals surface area contributed by atoms with E-state index in [1.807, 2.05) is 6.92 Å². The lowest BCUT2D eigenvalue weighted by atomic mass is 10.1. The molecule has 8 heteroatoms. The Bertz CT molecular complexity index is 665. The average molecular weight is 290 g/mol. The highest BCUT2D eigenvalue weighted by atomic mass is 16.4. The van der Waals surface area contributed by atoms with Crippen LogP contribution in [-0.2, 0) is 0 Å². The number of nitrogens with zero attached hydrogens (tertiary/aromatic N) is 5. The molecule has 21 heavy (non-hydrogen) atoms. The molecule has 2 aromatic heterocycles. The maximum Gasteiger partial charge on any atom is 0.257 e. The van der Waals surface area contributed by atoms with Crippen molar-refractivity contribution in [3.05, 3.63) is 30.4 Å². The number of oxime groups is 1. The second-order valence-corrected chi connectivity index (χ2v) is 4.73. The Labute approximate surface area is 121 Å². The predicted molar refractivity (Wildman–Crippen MR) is 77.1 cm³/mol. The van der Waals surface area contributed by atoms with Gasteiger partial charge in [-0.15, -0.1) is 0 Å². The van der Waals surface area contributed by atoms with Gasteiger partial charge in [0.05, 0.1) is 23.5 Å². The second kappa shape index (κ2) is 6.21. The summed E-state index contributed by atoms with van der Waals surface area (Å²) in [5, 5.41) is 15.8. The molecule has 1 atom stereocenters. The topological polar surface area (TPSA) is 109 Å². The quantitative estimate of drug-likeness (QED) is 0.362. The molecule has 0 radical (unpaired) electrons. The monoisotopic (exact) mass is 290 g/mol. The zero-order valence-corrected chi connectivity index (χ0v) is 12.0. The minimum Gasteiger partial charge on any atom is -0.409 e. The van der Waals surface area contributed by atoms with E-state index in [1.54, 1.807) is 34.9 Å². The molecule has 2 heterocycles. The molecule has 0 spiro atoms. The molecule has 0 bridgehead atoms. The number of hydrogen-bond donors (Lipinski definition) is 2. The third kappa shape index (κ3) is 2.93. The molecular weight excluding hydrogens is 272 g/mol. The largest absolute Gasteiger partial charge is 0.409 e. The molecular formula is C13H18N6O2. The number of carbonyl (C=O) groups is 1. The van der Waals surface area contributed by atoms with Crippen molar-refractivity contribution in [2.24, 2.45) is 16.8 Å². The van der Waals surface area contributed by atoms with Crippen molar-refractivity contribution in [1.29, 1.82) is 0 Å². The van der Waals surface area contributed by atoms with Crippen molar-refractivity contribution in [1.82, 2.24) is 19.5 Å². The highest BCUT2D eigenvalue weighted by Gasteiger charge is 2.21. The van der Waals surface area contributed by atoms with Crippen LogP contribution in [0.15, 0.2) is 29.9 Å². The standard InChI is InChI=1S/C13H18N6O2/c1-3-18(8-9(2)12(14)17-21)13(20)10-6-16-19-5-4-15-7-11(10)19/h4-7,9,21H,3,8H2,1-2H3,(H2,14,17). The van der Waals surface area contributed by atoms with E-state index in [1.165, 1.54) is 6.20 Å². The maximum atomic E-state index is 12.6. The number of amides is 1. The Morgan fingerprint density at radius 3 is 3.00 bits per heavy atom. The van der Waals surface area contributed by atoms with Crippen molar-refractivity contribution in [2.45, 2.75) is 13.8 Å². The first-order valence-corrected chi connectivity index (χ1v) is 6.62. The number of aromatic nitrogens is 3. The van der Waals surface area contributed by atoms with Crippen molar-refractivity contribution in [3.63, 3.8) is 0 Å². The average Bonchev–Trinajstić information content (AvgIpc) is 2.94. The van der Waals surface area contributed by atoms with Gasteiger partial charge >= 0.3 is 0 Å². The van der Waals surface area contributed by atoms with Crippen molar-refractivity contribution >= 4 is 17.3 Å². The Kier molecular flexibility index (Phi) is 4.36. The van der Waals surface area contributed by atoms with Gasteiger partial charge < -0.3 is 15.8 Å². The van der Waals surface area contributed by atoms with E-state index in [-0.39, 0.29) is 17.7 Å². The number of amidine groups is 1. The van der Waals surface area contributed by atoms with E-state index in [0.29, 0.717) is 24.2 Å². The molecule has 0 saturated heterocycles. The normalized spacial score (nSPS) is 13.3. The van der Waals surface area contributed by atoms with Gasteiger partial charge in [-0.3, -0.25) is 9.78 Å². The van der Waals surface area contributed by atoms with Crippen LogP contribution in [0.25, 0.3) is 5.52 Å². The molecule has 1 unspecified atom stereocenters. The molecule has 0 aliphatic carbocycles. The Balaban J connectivity index is 2.24. The summed E-state index contributed by atoms with van der Waals surface area (Å²) in [7, 11) is 0. The van der Waals surface area contributed by atoms with Crippen LogP contribution < -0.4 is 5.73 Å². The van der Waals surface area contributed by atoms with Crippen LogP contribution in [-0.4, -0.2) is 49.5 Å². The lowest BCUT2D eigenvalue weighted by Gasteiger charge is -2.23. The highest BCUT2D eigenvalue weighted by Crippen LogP contribution is 2.13. The summed E-state index contributed by atoms with van der Waals surface area (Å²) in [6.45, 7) is 4.55. The summed E-state index contributed by atoms with van der Waals surface area (Å²) in [6.07, 6.45) is 6.41. The van der Waals surface area contributed by atoms with Gasteiger partial charge in [0.2, 0.25) is 0 Å². The molecule has 0 aliphatic heterocycles. The Hall–Kier alpha value is -2.64. The molecule has 2 rings (SSSR count). The van der Waals surface area contributed by atoms with Gasteiger partial charge in [-0.25, -0.2) is 4.52 Å². The van der Waals surface area contributed by atoms with Gasteiger partial charge in [-0.1, -0.05) is 12.1 Å². The first kappa shape index (κ1) is 14.8. The lowest BCUT2D eigenvalue weighted by Crippen LogP contribution is -2.38. The Morgan fingerprint density at radius 2 is 2.33 bits per heavy atom. The summed E-state index contributed by atoms with van der Waals surface area (Å²) in [4.78, 5) is 18.2. The van der Waals surface area contributed by atoms with Crippen LogP contribution >= 0.6 is 0 Å². The van der Waals surface area contributed by atoms with Gasteiger partial charge in [-0.2, -0.15) is 5.10 Å². The molecule has 2 aromatic rings. The molecule has 0 aromatic carbocycles. The van der Waals surface area contributed by atoms with Crippen LogP contribution in [0, 0.1) is 5.92 Å². The maximum absolute atomic E-state index is 12.6. The van der Waals surface area contributed by atoms with Gasteiger partial charge in [0, 0.05) is 31.4 Å². The van der Waals surface area contributed by atoms with E-state index in [2.05, 4.69) is 15.2 Å². The second-order valence-electron chi connectivity index (χ2n) is 4.73. The van der Waals surface area contributed by atoms with E-state index in [0.717, 1.165) is 0 Å². The molecule has 8 nitrogen and oxygen atoms in total. The summed E-state index contributed by atoms with van der Waals surface area (Å²) >= 11 is 0. The van der Waals surface area contributed by atoms with Gasteiger partial charge in [0.1, 0.15) is 5.84 Å². The minimum absolute atomic E-state index is 0.0998. The lowest BCUT2D eigenvalue weighted by molar-refractivity contribution is 0.0755. The first-order valence-electron chi connectivity index (χ1n) is 6.62. The molecule has 0 aliphatic rings. The summed E-state index contributed by atoms with van der Waals surface area (Å²) < 4.78 is 1.60. The molecule has 3 N–H and O–H groups in total. The number of rotatable bonds is 5. The first-order chi connectivity index (χ1) is 10.1. The van der Waals surface area contributed by atoms with Crippen molar-refractivity contribution in [3.8, 4) is 0 Å². The van der Waals surface area contributed by atoms with Crippen LogP contribution in [0.1, 0.15) is 24.2 Å². The fraction of sp³-hybridized carbons (Fsp3) is 0.385. The third-order valence-corrected chi connectivity index (χ3v) is 3.34. The van der Waals surface area contributed by atoms with Crippen LogP contribution in [0.5, 0.6) is 0 Å². The van der Waals surface area contributed by atoms with Crippen LogP contribution in [0.3, 0.4) is 0 Å². The van der Waals surface area contributed by atoms with Gasteiger partial charge in [0.25, 0.3) is 5.91 Å². The van der Waals surface area contributed by atoms with Crippen LogP contribution in [0.4, 0.5) is 0 Å². The van der Waals surface area contributed by atoms with Crippen molar-refractivity contribution in [2.75, 3.05) is 13.1 Å². The molecule has 0 saturated carbocycles. The minimum atomic E-state index is -0.237. The van der Waals surface area contributed by atoms with E-state index in [9.17, 15) is 4.79 Å². The van der Waals surface area contributed by atoms with Crippen molar-refractivity contribution < 1.29 is 10.0 Å². The fourth-order valence-corrected chi connectivity index (χ4v) is 2.05. The zero-order valence-electron chi connectivity index (χ0n) is 12.0. The summed E-state index contributed by atoms with van der Waals surface area (Å²) in [5.74, 6) is -0.292. The smallest absolute Gasteiger partial charge is 0.257 e. The molecule has 0 fully saturated rings. The molecule has 1 amide bonds.